The van der Waals surface area contributed by atoms with Gasteiger partial charge in [-0.25, -0.2) is 0 Å². The summed E-state index contributed by atoms with van der Waals surface area (Å²) in [6.45, 7) is 6.60. The quantitative estimate of drug-likeness (QED) is 0.137. The van der Waals surface area contributed by atoms with Crippen molar-refractivity contribution < 1.29 is 18.6 Å². The molecule has 0 radical (unpaired) electrons. The van der Waals surface area contributed by atoms with Crippen molar-refractivity contribution in [1.29, 1.82) is 0 Å². The fourth-order valence-corrected chi connectivity index (χ4v) is 16.1. The average molecular weight is 732 g/mol. The molecule has 5 heteroatoms. The Labute approximate surface area is 241 Å². The van der Waals surface area contributed by atoms with Crippen molar-refractivity contribution in [1.82, 2.24) is 0 Å². The Kier molecular flexibility index (Phi) is 10.9. The van der Waals surface area contributed by atoms with E-state index in [0.29, 0.717) is 0 Å². The molecule has 6 rings (SSSR count). The van der Waals surface area contributed by atoms with E-state index < -0.39 is 34.7 Å². The molecule has 0 unspecified atom stereocenters. The van der Waals surface area contributed by atoms with Gasteiger partial charge in [0.05, 0.1) is 0 Å². The van der Waals surface area contributed by atoms with Gasteiger partial charge in [0.1, 0.15) is 0 Å². The van der Waals surface area contributed by atoms with Gasteiger partial charge in [0.2, 0.25) is 0 Å². The number of hydrogen-bond donors (Lipinski definition) is 0. The zero-order valence-electron chi connectivity index (χ0n) is 22.8. The molecule has 2 aliphatic heterocycles. The van der Waals surface area contributed by atoms with E-state index in [2.05, 4.69) is 86.6 Å². The molecule has 0 bridgehead atoms. The Bertz CT molecular complexity index is 1210. The van der Waals surface area contributed by atoms with Gasteiger partial charge in [-0.05, 0) is 0 Å². The molecule has 2 aliphatic rings. The van der Waals surface area contributed by atoms with Crippen LogP contribution in [0.4, 0.5) is 0 Å². The first-order chi connectivity index (χ1) is 18.0. The Morgan fingerprint density at radius 3 is 1.38 bits per heavy atom. The molecule has 0 atom stereocenters. The molecule has 0 nitrogen and oxygen atoms in total. The molecule has 0 aromatic heterocycles. The molecule has 198 valence electrons. The molecule has 37 heavy (non-hydrogen) atoms. The maximum atomic E-state index is 5.39. The third kappa shape index (κ3) is 6.60. The standard InChI is InChI=1S/2C15H19Si.C2H4.2ClH.Hf/c2*1-2-10-16(11-5-12-16)15-9-8-13-6-3-4-7-14(13)15;1-2;;;/h2*3-4,6-9H,2,5,10-12H2,1H3;1H,2H3;2*1H;/q2*-1;;;;+2/p-2. The third-order valence-corrected chi connectivity index (χ3v) is 25.3. The summed E-state index contributed by atoms with van der Waals surface area (Å²) in [5.74, 6) is 0. The number of rotatable bonds is 6. The molecule has 4 aromatic carbocycles. The van der Waals surface area contributed by atoms with Gasteiger partial charge in [0.15, 0.2) is 0 Å². The van der Waals surface area contributed by atoms with E-state index >= 15 is 0 Å². The summed E-state index contributed by atoms with van der Waals surface area (Å²) in [7, 11) is 8.71. The molecular formula is C32H42Cl2HfSi2-2. The average Bonchev–Trinajstić information content (AvgIpc) is 3.50. The van der Waals surface area contributed by atoms with Crippen molar-refractivity contribution in [3.8, 4) is 0 Å². The molecule has 0 N–H and O–H groups in total. The zero-order valence-corrected chi connectivity index (χ0v) is 29.9. The van der Waals surface area contributed by atoms with Crippen LogP contribution in [0.5, 0.6) is 0 Å². The summed E-state index contributed by atoms with van der Waals surface area (Å²) in [6, 6.07) is 36.5. The number of hydrogen-bond acceptors (Lipinski definition) is 0. The van der Waals surface area contributed by atoms with Gasteiger partial charge in [-0.2, -0.15) is 24.3 Å². The third-order valence-electron chi connectivity index (χ3n) is 8.80. The van der Waals surface area contributed by atoms with Crippen LogP contribution >= 0.6 is 17.2 Å². The fourth-order valence-electron chi connectivity index (χ4n) is 6.70. The molecule has 2 saturated heterocycles. The molecular weight excluding hydrogens is 690 g/mol. The molecule has 4 aromatic rings. The normalized spacial score (nSPS) is 17.0. The molecule has 2 fully saturated rings. The monoisotopic (exact) mass is 732 g/mol. The second-order valence-corrected chi connectivity index (χ2v) is 32.6. The Morgan fingerprint density at radius 2 is 1.08 bits per heavy atom. The van der Waals surface area contributed by atoms with Crippen LogP contribution in [-0.2, 0) is 18.6 Å². The number of fused-ring (bicyclic) bond motifs is 2. The minimum absolute atomic E-state index is 1.03. The van der Waals surface area contributed by atoms with Crippen molar-refractivity contribution in [2.24, 2.45) is 0 Å². The van der Waals surface area contributed by atoms with E-state index in [1.165, 1.54) is 72.7 Å². The second-order valence-electron chi connectivity index (χ2n) is 11.0. The van der Waals surface area contributed by atoms with E-state index in [-0.39, 0.29) is 0 Å². The van der Waals surface area contributed by atoms with Crippen molar-refractivity contribution in [2.45, 2.75) is 82.7 Å². The first kappa shape index (κ1) is 29.4. The molecule has 0 saturated carbocycles. The molecule has 2 heterocycles. The van der Waals surface area contributed by atoms with E-state index in [1.807, 2.05) is 10.7 Å². The summed E-state index contributed by atoms with van der Waals surface area (Å²) in [6.07, 6.45) is 5.69. The molecule has 0 amide bonds. The Morgan fingerprint density at radius 1 is 0.703 bits per heavy atom. The van der Waals surface area contributed by atoms with Crippen LogP contribution in [0.3, 0.4) is 0 Å². The van der Waals surface area contributed by atoms with E-state index in [4.69, 9.17) is 17.2 Å². The van der Waals surface area contributed by atoms with Crippen LogP contribution in [0.15, 0.2) is 72.8 Å². The van der Waals surface area contributed by atoms with Crippen molar-refractivity contribution >= 4 is 69.0 Å². The maximum absolute atomic E-state index is 5.39. The number of halogens is 2. The van der Waals surface area contributed by atoms with E-state index in [0.717, 1.165) is 0 Å². The fraction of sp³-hybridized carbons (Fsp3) is 0.406. The van der Waals surface area contributed by atoms with Gasteiger partial charge in [0.25, 0.3) is 0 Å². The van der Waals surface area contributed by atoms with Crippen molar-refractivity contribution in [3.63, 3.8) is 0 Å². The van der Waals surface area contributed by atoms with Crippen LogP contribution in [-0.4, -0.2) is 19.9 Å². The zero-order chi connectivity index (χ0) is 26.3. The summed E-state index contributed by atoms with van der Waals surface area (Å²) in [4.78, 5) is 0. The first-order valence-electron chi connectivity index (χ1n) is 14.3. The minimum atomic E-state index is -1.88. The van der Waals surface area contributed by atoms with Gasteiger partial charge >= 0.3 is 46.4 Å². The van der Waals surface area contributed by atoms with Crippen molar-refractivity contribution in [2.75, 3.05) is 0 Å². The van der Waals surface area contributed by atoms with Crippen LogP contribution in [0, 0.1) is 0 Å². The summed E-state index contributed by atoms with van der Waals surface area (Å²) < 4.78 is 1.91. The van der Waals surface area contributed by atoms with Gasteiger partial charge in [0, 0.05) is 16.1 Å². The SMILES string of the molecule is CCC[Si]1([c-]2ccc3ccccc32)CCC1.CCC[Si]1([c-]2ccc3ccccc32)CCC1.C[CH]=[Hf]([Cl])[Cl]. The van der Waals surface area contributed by atoms with Crippen LogP contribution < -0.4 is 10.4 Å². The topological polar surface area (TPSA) is 0 Å². The van der Waals surface area contributed by atoms with Crippen LogP contribution in [0.1, 0.15) is 46.5 Å². The predicted octanol–water partition coefficient (Wildman–Crippen LogP) is 9.79. The Hall–Kier alpha value is -0.586. The summed E-state index contributed by atoms with van der Waals surface area (Å²) in [5.41, 5.74) is 0. The van der Waals surface area contributed by atoms with Crippen LogP contribution in [0.2, 0.25) is 36.3 Å². The van der Waals surface area contributed by atoms with E-state index in [1.54, 1.807) is 21.1 Å². The predicted molar refractivity (Wildman–Crippen MR) is 172 cm³/mol. The van der Waals surface area contributed by atoms with Crippen molar-refractivity contribution in [3.05, 3.63) is 72.8 Å². The second kappa shape index (κ2) is 13.7. The number of benzene rings is 2. The van der Waals surface area contributed by atoms with Gasteiger partial charge in [-0.1, -0.05) is 87.9 Å². The summed E-state index contributed by atoms with van der Waals surface area (Å²) >= 11 is -1.88. The molecule has 0 aliphatic carbocycles. The van der Waals surface area contributed by atoms with E-state index in [9.17, 15) is 0 Å². The molecule has 0 spiro atoms. The van der Waals surface area contributed by atoms with Crippen LogP contribution in [0.25, 0.3) is 21.5 Å². The first-order valence-corrected chi connectivity index (χ1v) is 30.5. The summed E-state index contributed by atoms with van der Waals surface area (Å²) in [5, 5.41) is 9.54. The van der Waals surface area contributed by atoms with Gasteiger partial charge in [-0.3, -0.25) is 0 Å². The van der Waals surface area contributed by atoms with Gasteiger partial charge in [-0.15, -0.1) is 68.3 Å². The van der Waals surface area contributed by atoms with Gasteiger partial charge < -0.3 is 0 Å². The Balaban J connectivity index is 0.000000147.